The maximum Gasteiger partial charge on any atom is 0.413 e. The van der Waals surface area contributed by atoms with E-state index in [9.17, 15) is 9.18 Å². The van der Waals surface area contributed by atoms with Gasteiger partial charge in [0.05, 0.1) is 7.11 Å². The molecule has 15 heavy (non-hydrogen) atoms. The second-order valence-corrected chi connectivity index (χ2v) is 2.99. The normalized spacial score (nSPS) is 9.20. The largest absolute Gasteiger partial charge is 0.453 e. The van der Waals surface area contributed by atoms with Gasteiger partial charge in [-0.05, 0) is 30.4 Å². The van der Waals surface area contributed by atoms with Gasteiger partial charge in [0, 0.05) is 5.69 Å². The summed E-state index contributed by atoms with van der Waals surface area (Å²) in [6.45, 7) is 0. The Hall–Kier alpha value is -1.69. The van der Waals surface area contributed by atoms with E-state index in [1.807, 2.05) is 0 Å². The number of hydrogen-bond acceptors (Lipinski definition) is 3. The number of alkyl carbamates (subject to hydrolysis) is 1. The predicted octanol–water partition coefficient (Wildman–Crippen LogP) is 1.88. The van der Waals surface area contributed by atoms with Crippen molar-refractivity contribution in [3.05, 3.63) is 30.1 Å². The Morgan fingerprint density at radius 2 is 2.27 bits per heavy atom. The molecule has 1 amide bonds. The lowest BCUT2D eigenvalue weighted by Crippen LogP contribution is -2.33. The van der Waals surface area contributed by atoms with Crippen LogP contribution < -0.4 is 10.6 Å². The summed E-state index contributed by atoms with van der Waals surface area (Å²) in [5, 5.41) is 4.91. The molecule has 1 rings (SSSR count). The third-order valence-corrected chi connectivity index (χ3v) is 1.69. The Morgan fingerprint density at radius 3 is 2.87 bits per heavy atom. The van der Waals surface area contributed by atoms with Gasteiger partial charge in [0.2, 0.25) is 0 Å². The molecule has 1 aromatic rings. The van der Waals surface area contributed by atoms with Crippen LogP contribution >= 0.6 is 12.2 Å². The minimum atomic E-state index is -0.677. The quantitative estimate of drug-likeness (QED) is 0.720. The molecule has 0 fully saturated rings. The molecular formula is C9H9FN2O2S. The van der Waals surface area contributed by atoms with Crippen molar-refractivity contribution >= 4 is 29.1 Å². The van der Waals surface area contributed by atoms with Gasteiger partial charge >= 0.3 is 6.09 Å². The number of hydrogen-bond donors (Lipinski definition) is 2. The van der Waals surface area contributed by atoms with Crippen molar-refractivity contribution in [1.29, 1.82) is 0 Å². The first-order chi connectivity index (χ1) is 7.11. The number of nitrogens with one attached hydrogen (secondary N) is 2. The molecule has 0 saturated carbocycles. The second-order valence-electron chi connectivity index (χ2n) is 2.58. The molecule has 1 aromatic carbocycles. The zero-order valence-electron chi connectivity index (χ0n) is 7.91. The summed E-state index contributed by atoms with van der Waals surface area (Å²) in [5.74, 6) is -0.388. The summed E-state index contributed by atoms with van der Waals surface area (Å²) < 4.78 is 17.1. The summed E-state index contributed by atoms with van der Waals surface area (Å²) in [6.07, 6.45) is -0.677. The molecule has 6 heteroatoms. The van der Waals surface area contributed by atoms with Crippen LogP contribution in [0.3, 0.4) is 0 Å². The van der Waals surface area contributed by atoms with Gasteiger partial charge in [-0.25, -0.2) is 9.18 Å². The minimum absolute atomic E-state index is 0.0486. The standard InChI is InChI=1S/C9H9FN2O2S/c1-14-9(13)12-8(15)11-7-4-2-3-6(10)5-7/h2-5H,1H3,(H2,11,12,13,15). The highest BCUT2D eigenvalue weighted by atomic mass is 32.1. The summed E-state index contributed by atoms with van der Waals surface area (Å²) in [7, 11) is 1.22. The fourth-order valence-electron chi connectivity index (χ4n) is 0.872. The van der Waals surface area contributed by atoms with Gasteiger partial charge in [0.25, 0.3) is 0 Å². The molecule has 0 aromatic heterocycles. The Kier molecular flexibility index (Phi) is 3.99. The monoisotopic (exact) mass is 228 g/mol. The predicted molar refractivity (Wildman–Crippen MR) is 58.2 cm³/mol. The zero-order chi connectivity index (χ0) is 11.3. The van der Waals surface area contributed by atoms with Crippen molar-refractivity contribution in [3.63, 3.8) is 0 Å². The third kappa shape index (κ3) is 3.90. The Balaban J connectivity index is 2.55. The fourth-order valence-corrected chi connectivity index (χ4v) is 1.07. The molecule has 2 N–H and O–H groups in total. The maximum absolute atomic E-state index is 12.8. The number of methoxy groups -OCH3 is 1. The zero-order valence-corrected chi connectivity index (χ0v) is 8.73. The molecule has 80 valence electrons. The van der Waals surface area contributed by atoms with Crippen molar-refractivity contribution in [2.45, 2.75) is 0 Å². The summed E-state index contributed by atoms with van der Waals surface area (Å²) in [4.78, 5) is 10.7. The lowest BCUT2D eigenvalue weighted by molar-refractivity contribution is 0.177. The van der Waals surface area contributed by atoms with E-state index in [2.05, 4.69) is 15.4 Å². The number of carbonyl (C=O) groups excluding carboxylic acids is 1. The number of anilines is 1. The first kappa shape index (κ1) is 11.4. The first-order valence-corrected chi connectivity index (χ1v) is 4.44. The van der Waals surface area contributed by atoms with Crippen LogP contribution in [0.4, 0.5) is 14.9 Å². The number of rotatable bonds is 1. The van der Waals surface area contributed by atoms with Crippen LogP contribution in [0.2, 0.25) is 0 Å². The highest BCUT2D eigenvalue weighted by Gasteiger charge is 2.03. The molecular weight excluding hydrogens is 219 g/mol. The highest BCUT2D eigenvalue weighted by molar-refractivity contribution is 7.80. The Bertz CT molecular complexity index is 384. The average molecular weight is 228 g/mol. The minimum Gasteiger partial charge on any atom is -0.453 e. The van der Waals surface area contributed by atoms with Crippen molar-refractivity contribution in [3.8, 4) is 0 Å². The van der Waals surface area contributed by atoms with Crippen molar-refractivity contribution in [2.75, 3.05) is 12.4 Å². The number of ether oxygens (including phenoxy) is 1. The van der Waals surface area contributed by atoms with Crippen molar-refractivity contribution in [1.82, 2.24) is 5.32 Å². The number of thiocarbonyl (C=S) groups is 1. The molecule has 0 bridgehead atoms. The highest BCUT2D eigenvalue weighted by Crippen LogP contribution is 2.08. The van der Waals surface area contributed by atoms with Gasteiger partial charge in [0.1, 0.15) is 5.82 Å². The van der Waals surface area contributed by atoms with Gasteiger partial charge in [0.15, 0.2) is 5.11 Å². The molecule has 4 nitrogen and oxygen atoms in total. The van der Waals surface area contributed by atoms with E-state index in [0.717, 1.165) is 0 Å². The Labute approximate surface area is 91.4 Å². The Morgan fingerprint density at radius 1 is 1.53 bits per heavy atom. The molecule has 0 atom stereocenters. The fraction of sp³-hybridized carbons (Fsp3) is 0.111. The molecule has 0 heterocycles. The molecule has 0 saturated heterocycles. The summed E-state index contributed by atoms with van der Waals surface area (Å²) in [6, 6.07) is 5.71. The number of amides is 1. The lowest BCUT2D eigenvalue weighted by Gasteiger charge is -2.08. The third-order valence-electron chi connectivity index (χ3n) is 1.48. The maximum atomic E-state index is 12.8. The van der Waals surface area contributed by atoms with Crippen LogP contribution in [0.1, 0.15) is 0 Å². The van der Waals surface area contributed by atoms with Gasteiger partial charge in [-0.15, -0.1) is 0 Å². The van der Waals surface area contributed by atoms with Gasteiger partial charge in [-0.1, -0.05) is 6.07 Å². The van der Waals surface area contributed by atoms with Crippen LogP contribution in [0, 0.1) is 5.82 Å². The average Bonchev–Trinajstić information content (AvgIpc) is 2.17. The van der Waals surface area contributed by atoms with Crippen LogP contribution in [-0.2, 0) is 4.74 Å². The smallest absolute Gasteiger partial charge is 0.413 e. The second kappa shape index (κ2) is 5.26. The lowest BCUT2D eigenvalue weighted by atomic mass is 10.3. The SMILES string of the molecule is COC(=O)NC(=S)Nc1cccc(F)c1. The molecule has 0 aliphatic heterocycles. The molecule has 0 aliphatic carbocycles. The molecule has 0 unspecified atom stereocenters. The van der Waals surface area contributed by atoms with E-state index in [4.69, 9.17) is 12.2 Å². The van der Waals surface area contributed by atoms with Crippen LogP contribution in [0.25, 0.3) is 0 Å². The van der Waals surface area contributed by atoms with Gasteiger partial charge < -0.3 is 10.1 Å². The molecule has 0 radical (unpaired) electrons. The summed E-state index contributed by atoms with van der Waals surface area (Å²) in [5.41, 5.74) is 0.455. The van der Waals surface area contributed by atoms with E-state index < -0.39 is 6.09 Å². The van der Waals surface area contributed by atoms with Gasteiger partial charge in [-0.3, -0.25) is 5.32 Å². The van der Waals surface area contributed by atoms with Crippen LogP contribution in [0.15, 0.2) is 24.3 Å². The number of carbonyl (C=O) groups is 1. The molecule has 0 spiro atoms. The van der Waals surface area contributed by atoms with Gasteiger partial charge in [-0.2, -0.15) is 0 Å². The van der Waals surface area contributed by atoms with Crippen molar-refractivity contribution in [2.24, 2.45) is 0 Å². The topological polar surface area (TPSA) is 50.4 Å². The van der Waals surface area contributed by atoms with Crippen LogP contribution in [0.5, 0.6) is 0 Å². The van der Waals surface area contributed by atoms with E-state index in [-0.39, 0.29) is 10.9 Å². The number of benzene rings is 1. The number of halogens is 1. The van der Waals surface area contributed by atoms with E-state index in [0.29, 0.717) is 5.69 Å². The summed E-state index contributed by atoms with van der Waals surface area (Å²) >= 11 is 4.78. The first-order valence-electron chi connectivity index (χ1n) is 4.03. The molecule has 0 aliphatic rings. The van der Waals surface area contributed by atoms with Crippen LogP contribution in [-0.4, -0.2) is 18.3 Å². The van der Waals surface area contributed by atoms with E-state index in [1.165, 1.54) is 25.3 Å². The van der Waals surface area contributed by atoms with E-state index >= 15 is 0 Å². The van der Waals surface area contributed by atoms with E-state index in [1.54, 1.807) is 6.07 Å². The van der Waals surface area contributed by atoms with Crippen molar-refractivity contribution < 1.29 is 13.9 Å².